The summed E-state index contributed by atoms with van der Waals surface area (Å²) in [6, 6.07) is 19.7. The molecule has 0 radical (unpaired) electrons. The first-order valence-corrected chi connectivity index (χ1v) is 9.07. The normalized spacial score (nSPS) is 10.2. The van der Waals surface area contributed by atoms with E-state index in [1.54, 1.807) is 47.7 Å². The van der Waals surface area contributed by atoms with Crippen LogP contribution in [0.2, 0.25) is 0 Å². The molecular weight excluding hydrogens is 358 g/mol. The number of para-hydroxylation sites is 1. The van der Waals surface area contributed by atoms with Crippen molar-refractivity contribution in [2.45, 2.75) is 0 Å². The zero-order chi connectivity index (χ0) is 18.6. The van der Waals surface area contributed by atoms with Gasteiger partial charge in [0, 0.05) is 16.6 Å². The van der Waals surface area contributed by atoms with Gasteiger partial charge in [0.2, 0.25) is 0 Å². The molecule has 4 rings (SSSR count). The van der Waals surface area contributed by atoms with Crippen molar-refractivity contribution < 1.29 is 9.21 Å². The van der Waals surface area contributed by atoms with Gasteiger partial charge in [-0.1, -0.05) is 42.2 Å². The second-order valence-electron chi connectivity index (χ2n) is 5.75. The molecule has 1 amide bonds. The molecule has 0 aliphatic carbocycles. The van der Waals surface area contributed by atoms with Crippen molar-refractivity contribution in [3.63, 3.8) is 0 Å². The molecule has 0 aliphatic heterocycles. The largest absolute Gasteiger partial charge is 0.422 e. The molecule has 27 heavy (non-hydrogen) atoms. The Morgan fingerprint density at radius 3 is 2.70 bits per heavy atom. The number of carbonyl (C=O) groups excluding carboxylic acids is 1. The van der Waals surface area contributed by atoms with Crippen molar-refractivity contribution in [1.29, 1.82) is 0 Å². The molecule has 0 saturated carbocycles. The lowest BCUT2D eigenvalue weighted by molar-refractivity contribution is 0.102. The van der Waals surface area contributed by atoms with Gasteiger partial charge in [0.15, 0.2) is 0 Å². The predicted molar refractivity (Wildman–Crippen MR) is 107 cm³/mol. The Morgan fingerprint density at radius 1 is 0.963 bits per heavy atom. The van der Waals surface area contributed by atoms with Gasteiger partial charge < -0.3 is 9.73 Å². The number of benzene rings is 2. The summed E-state index contributed by atoms with van der Waals surface area (Å²) in [5.41, 5.74) is 1.07. The highest BCUT2D eigenvalue weighted by Gasteiger charge is 2.14. The van der Waals surface area contributed by atoms with Crippen LogP contribution >= 0.6 is 11.3 Å². The molecule has 1 N–H and O–H groups in total. The molecule has 0 aliphatic rings. The van der Waals surface area contributed by atoms with E-state index in [9.17, 15) is 9.59 Å². The first kappa shape index (κ1) is 16.8. The lowest BCUT2D eigenvalue weighted by atomic mass is 10.1. The van der Waals surface area contributed by atoms with Gasteiger partial charge in [-0.2, -0.15) is 0 Å². The van der Waals surface area contributed by atoms with E-state index in [2.05, 4.69) is 17.2 Å². The van der Waals surface area contributed by atoms with Crippen LogP contribution in [0.4, 0.5) is 5.69 Å². The molecule has 0 bridgehead atoms. The lowest BCUT2D eigenvalue weighted by Crippen LogP contribution is -2.20. The van der Waals surface area contributed by atoms with Gasteiger partial charge in [-0.3, -0.25) is 4.79 Å². The Kier molecular flexibility index (Phi) is 4.56. The maximum Gasteiger partial charge on any atom is 0.349 e. The number of carbonyl (C=O) groups is 1. The smallest absolute Gasteiger partial charge is 0.349 e. The highest BCUT2D eigenvalue weighted by Crippen LogP contribution is 2.15. The SMILES string of the molecule is O=C(Nc1cccc(C#Cc2cccs2)c1)c1cc2ccccc2oc1=O. The molecule has 0 saturated heterocycles. The average Bonchev–Trinajstić information content (AvgIpc) is 3.20. The number of amides is 1. The van der Waals surface area contributed by atoms with Gasteiger partial charge in [0.25, 0.3) is 5.91 Å². The topological polar surface area (TPSA) is 59.3 Å². The van der Waals surface area contributed by atoms with Crippen molar-refractivity contribution in [1.82, 2.24) is 0 Å². The van der Waals surface area contributed by atoms with Crippen LogP contribution in [0, 0.1) is 11.8 Å². The molecule has 2 heterocycles. The molecule has 0 spiro atoms. The van der Waals surface area contributed by atoms with E-state index in [0.717, 1.165) is 10.4 Å². The number of fused-ring (bicyclic) bond motifs is 1. The summed E-state index contributed by atoms with van der Waals surface area (Å²) in [6.45, 7) is 0. The highest BCUT2D eigenvalue weighted by molar-refractivity contribution is 7.10. The molecule has 2 aromatic carbocycles. The summed E-state index contributed by atoms with van der Waals surface area (Å²) in [5.74, 6) is 5.62. The third-order valence-electron chi connectivity index (χ3n) is 3.86. The van der Waals surface area contributed by atoms with Gasteiger partial charge in [-0.25, -0.2) is 4.79 Å². The Balaban J connectivity index is 1.59. The van der Waals surface area contributed by atoms with Crippen molar-refractivity contribution in [3.05, 3.63) is 98.5 Å². The second kappa shape index (κ2) is 7.32. The van der Waals surface area contributed by atoms with Crippen molar-refractivity contribution >= 4 is 33.9 Å². The van der Waals surface area contributed by atoms with Crippen LogP contribution in [0.1, 0.15) is 20.8 Å². The fourth-order valence-electron chi connectivity index (χ4n) is 2.58. The van der Waals surface area contributed by atoms with Crippen LogP contribution in [0.25, 0.3) is 11.0 Å². The summed E-state index contributed by atoms with van der Waals surface area (Å²) < 4.78 is 5.22. The first-order valence-electron chi connectivity index (χ1n) is 8.19. The van der Waals surface area contributed by atoms with Gasteiger partial charge in [0.1, 0.15) is 11.1 Å². The van der Waals surface area contributed by atoms with E-state index in [-0.39, 0.29) is 5.56 Å². The van der Waals surface area contributed by atoms with E-state index in [1.807, 2.05) is 29.6 Å². The highest BCUT2D eigenvalue weighted by atomic mass is 32.1. The van der Waals surface area contributed by atoms with E-state index in [0.29, 0.717) is 16.7 Å². The van der Waals surface area contributed by atoms with E-state index >= 15 is 0 Å². The monoisotopic (exact) mass is 371 g/mol. The van der Waals surface area contributed by atoms with Crippen molar-refractivity contribution in [3.8, 4) is 11.8 Å². The summed E-state index contributed by atoms with van der Waals surface area (Å²) in [7, 11) is 0. The van der Waals surface area contributed by atoms with Crippen LogP contribution in [0.3, 0.4) is 0 Å². The number of thiophene rings is 1. The number of rotatable bonds is 2. The fraction of sp³-hybridized carbons (Fsp3) is 0. The van der Waals surface area contributed by atoms with Crippen LogP contribution in [-0.2, 0) is 0 Å². The van der Waals surface area contributed by atoms with Crippen LogP contribution in [0.5, 0.6) is 0 Å². The average molecular weight is 371 g/mol. The van der Waals surface area contributed by atoms with Crippen LogP contribution in [0.15, 0.2) is 81.3 Å². The molecule has 130 valence electrons. The first-order chi connectivity index (χ1) is 13.2. The van der Waals surface area contributed by atoms with E-state index in [4.69, 9.17) is 4.42 Å². The van der Waals surface area contributed by atoms with Gasteiger partial charge >= 0.3 is 5.63 Å². The maximum atomic E-state index is 12.5. The molecule has 5 heteroatoms. The quantitative estimate of drug-likeness (QED) is 0.417. The van der Waals surface area contributed by atoms with E-state index < -0.39 is 11.5 Å². The standard InChI is InChI=1S/C22H13NO3S/c24-21(19-14-16-6-1-2-9-20(16)26-22(19)25)23-17-7-3-5-15(13-17)10-11-18-8-4-12-27-18/h1-9,12-14H,(H,23,24). The Morgan fingerprint density at radius 2 is 1.85 bits per heavy atom. The molecule has 2 aromatic heterocycles. The number of hydrogen-bond acceptors (Lipinski definition) is 4. The number of hydrogen-bond donors (Lipinski definition) is 1. The zero-order valence-electron chi connectivity index (χ0n) is 14.1. The summed E-state index contributed by atoms with van der Waals surface area (Å²) in [5, 5.41) is 5.39. The van der Waals surface area contributed by atoms with E-state index in [1.165, 1.54) is 6.07 Å². The Hall–Kier alpha value is -3.62. The molecule has 0 unspecified atom stereocenters. The van der Waals surface area contributed by atoms with Gasteiger partial charge in [-0.15, -0.1) is 11.3 Å². The summed E-state index contributed by atoms with van der Waals surface area (Å²) in [6.07, 6.45) is 0. The second-order valence-corrected chi connectivity index (χ2v) is 6.70. The summed E-state index contributed by atoms with van der Waals surface area (Å²) in [4.78, 5) is 25.6. The van der Waals surface area contributed by atoms with Crippen LogP contribution < -0.4 is 10.9 Å². The minimum atomic E-state index is -0.667. The Labute approximate surface area is 159 Å². The third-order valence-corrected chi connectivity index (χ3v) is 4.64. The molecule has 4 aromatic rings. The minimum absolute atomic E-state index is 0.0382. The molecule has 0 atom stereocenters. The molecule has 4 nitrogen and oxygen atoms in total. The predicted octanol–water partition coefficient (Wildman–Crippen LogP) is 4.51. The lowest BCUT2D eigenvalue weighted by Gasteiger charge is -2.05. The fourth-order valence-corrected chi connectivity index (χ4v) is 3.15. The zero-order valence-corrected chi connectivity index (χ0v) is 14.9. The Bertz CT molecular complexity index is 1240. The van der Waals surface area contributed by atoms with Crippen molar-refractivity contribution in [2.24, 2.45) is 0 Å². The third kappa shape index (κ3) is 3.81. The van der Waals surface area contributed by atoms with Gasteiger partial charge in [-0.05, 0) is 41.8 Å². The van der Waals surface area contributed by atoms with Crippen molar-refractivity contribution in [2.75, 3.05) is 5.32 Å². The maximum absolute atomic E-state index is 12.5. The minimum Gasteiger partial charge on any atom is -0.422 e. The number of nitrogens with one attached hydrogen (secondary N) is 1. The van der Waals surface area contributed by atoms with Crippen LogP contribution in [-0.4, -0.2) is 5.91 Å². The van der Waals surface area contributed by atoms with Gasteiger partial charge in [0.05, 0.1) is 4.88 Å². The molecular formula is C22H13NO3S. The molecule has 0 fully saturated rings. The number of anilines is 1. The summed E-state index contributed by atoms with van der Waals surface area (Å²) >= 11 is 1.57.